The minimum absolute atomic E-state index is 0.143. The van der Waals surface area contributed by atoms with Gasteiger partial charge in [-0.1, -0.05) is 15.9 Å². The maximum Gasteiger partial charge on any atom is 0.254 e. The lowest BCUT2D eigenvalue weighted by Gasteiger charge is -2.28. The van der Waals surface area contributed by atoms with Crippen LogP contribution in [0.3, 0.4) is 0 Å². The number of carbonyl (C=O) groups excluding carboxylic acids is 1. The maximum absolute atomic E-state index is 12.1. The predicted octanol–water partition coefficient (Wildman–Crippen LogP) is 1.85. The molecule has 1 atom stereocenters. The van der Waals surface area contributed by atoms with Gasteiger partial charge in [0.2, 0.25) is 0 Å². The van der Waals surface area contributed by atoms with E-state index in [0.717, 1.165) is 41.7 Å². The van der Waals surface area contributed by atoms with Crippen molar-refractivity contribution >= 4 is 21.8 Å². The summed E-state index contributed by atoms with van der Waals surface area (Å²) in [7, 11) is 0. The zero-order valence-corrected chi connectivity index (χ0v) is 10.4. The van der Waals surface area contributed by atoms with Crippen molar-refractivity contribution in [2.24, 2.45) is 0 Å². The van der Waals surface area contributed by atoms with Crippen molar-refractivity contribution in [1.29, 1.82) is 0 Å². The molecule has 3 nitrogen and oxygen atoms in total. The predicted molar refractivity (Wildman–Crippen MR) is 63.5 cm³/mol. The van der Waals surface area contributed by atoms with Crippen LogP contribution >= 0.6 is 15.9 Å². The summed E-state index contributed by atoms with van der Waals surface area (Å²) in [6, 6.07) is 5.87. The molecule has 0 N–H and O–H groups in total. The van der Waals surface area contributed by atoms with Crippen molar-refractivity contribution in [1.82, 2.24) is 4.90 Å². The molecule has 0 saturated carbocycles. The van der Waals surface area contributed by atoms with E-state index in [9.17, 15) is 4.79 Å². The normalized spacial score (nSPS) is 23.2. The summed E-state index contributed by atoms with van der Waals surface area (Å²) < 4.78 is 6.21. The highest BCUT2D eigenvalue weighted by Crippen LogP contribution is 2.24. The van der Waals surface area contributed by atoms with Gasteiger partial charge in [-0.25, -0.2) is 0 Å². The van der Waals surface area contributed by atoms with Crippen LogP contribution in [0.4, 0.5) is 0 Å². The summed E-state index contributed by atoms with van der Waals surface area (Å²) >= 11 is 3.43. The highest BCUT2D eigenvalue weighted by molar-refractivity contribution is 9.10. The van der Waals surface area contributed by atoms with Crippen molar-refractivity contribution in [3.8, 4) is 0 Å². The lowest BCUT2D eigenvalue weighted by atomic mass is 9.99. The molecule has 2 aliphatic heterocycles. The van der Waals surface area contributed by atoms with E-state index >= 15 is 0 Å². The summed E-state index contributed by atoms with van der Waals surface area (Å²) in [5.41, 5.74) is 1.99. The SMILES string of the molecule is O=C1c2ccc(Br)cc2CCN1CC1CO1. The highest BCUT2D eigenvalue weighted by atomic mass is 79.9. The molecular formula is C12H12BrNO2. The van der Waals surface area contributed by atoms with Crippen LogP contribution in [-0.2, 0) is 11.2 Å². The minimum atomic E-state index is 0.143. The number of fused-ring (bicyclic) bond motifs is 1. The molecule has 1 saturated heterocycles. The Bertz CT molecular complexity index is 443. The number of rotatable bonds is 2. The fourth-order valence-corrected chi connectivity index (χ4v) is 2.51. The van der Waals surface area contributed by atoms with Crippen molar-refractivity contribution < 1.29 is 9.53 Å². The minimum Gasteiger partial charge on any atom is -0.371 e. The molecular weight excluding hydrogens is 270 g/mol. The van der Waals surface area contributed by atoms with E-state index in [0.29, 0.717) is 0 Å². The van der Waals surface area contributed by atoms with Gasteiger partial charge in [-0.05, 0) is 30.2 Å². The van der Waals surface area contributed by atoms with Crippen LogP contribution in [-0.4, -0.2) is 36.6 Å². The zero-order chi connectivity index (χ0) is 11.1. The number of ether oxygens (including phenoxy) is 1. The van der Waals surface area contributed by atoms with Crippen molar-refractivity contribution in [3.63, 3.8) is 0 Å². The molecule has 0 radical (unpaired) electrons. The third-order valence-corrected chi connectivity index (χ3v) is 3.56. The second-order valence-electron chi connectivity index (χ2n) is 4.26. The van der Waals surface area contributed by atoms with E-state index in [-0.39, 0.29) is 12.0 Å². The Morgan fingerprint density at radius 3 is 3.06 bits per heavy atom. The van der Waals surface area contributed by atoms with E-state index in [1.165, 1.54) is 0 Å². The largest absolute Gasteiger partial charge is 0.371 e. The topological polar surface area (TPSA) is 32.8 Å². The van der Waals surface area contributed by atoms with Crippen LogP contribution in [0.15, 0.2) is 22.7 Å². The van der Waals surface area contributed by atoms with Crippen LogP contribution in [0.5, 0.6) is 0 Å². The van der Waals surface area contributed by atoms with Crippen molar-refractivity contribution in [2.75, 3.05) is 19.7 Å². The Balaban J connectivity index is 1.86. The molecule has 1 aromatic rings. The first-order valence-electron chi connectivity index (χ1n) is 5.43. The first-order chi connectivity index (χ1) is 7.74. The van der Waals surface area contributed by atoms with E-state index in [1.54, 1.807) is 0 Å². The van der Waals surface area contributed by atoms with Gasteiger partial charge >= 0.3 is 0 Å². The number of carbonyl (C=O) groups is 1. The number of benzene rings is 1. The third kappa shape index (κ3) is 1.87. The fourth-order valence-electron chi connectivity index (χ4n) is 2.10. The maximum atomic E-state index is 12.1. The first-order valence-corrected chi connectivity index (χ1v) is 6.22. The van der Waals surface area contributed by atoms with Crippen molar-refractivity contribution in [2.45, 2.75) is 12.5 Å². The van der Waals surface area contributed by atoms with Crippen LogP contribution in [0.2, 0.25) is 0 Å². The summed E-state index contributed by atoms with van der Waals surface area (Å²) in [4.78, 5) is 14.0. The number of hydrogen-bond acceptors (Lipinski definition) is 2. The smallest absolute Gasteiger partial charge is 0.254 e. The van der Waals surface area contributed by atoms with Gasteiger partial charge in [0, 0.05) is 23.1 Å². The van der Waals surface area contributed by atoms with E-state index in [2.05, 4.69) is 15.9 Å². The fraction of sp³-hybridized carbons (Fsp3) is 0.417. The standard InChI is InChI=1S/C12H12BrNO2/c13-9-1-2-11-8(5-9)3-4-14(12(11)15)6-10-7-16-10/h1-2,5,10H,3-4,6-7H2. The number of epoxide rings is 1. The van der Waals surface area contributed by atoms with E-state index < -0.39 is 0 Å². The molecule has 2 heterocycles. The van der Waals surface area contributed by atoms with Gasteiger partial charge in [-0.15, -0.1) is 0 Å². The Hall–Kier alpha value is -0.870. The lowest BCUT2D eigenvalue weighted by Crippen LogP contribution is -2.39. The van der Waals surface area contributed by atoms with Gasteiger partial charge in [-0.2, -0.15) is 0 Å². The molecule has 2 aliphatic rings. The molecule has 1 fully saturated rings. The van der Waals surface area contributed by atoms with Gasteiger partial charge in [0.05, 0.1) is 12.7 Å². The Morgan fingerprint density at radius 2 is 2.31 bits per heavy atom. The average molecular weight is 282 g/mol. The monoisotopic (exact) mass is 281 g/mol. The zero-order valence-electron chi connectivity index (χ0n) is 8.78. The summed E-state index contributed by atoms with van der Waals surface area (Å²) in [6.07, 6.45) is 1.22. The van der Waals surface area contributed by atoms with Crippen LogP contribution < -0.4 is 0 Å². The molecule has 0 bridgehead atoms. The molecule has 1 amide bonds. The van der Waals surface area contributed by atoms with E-state index in [4.69, 9.17) is 4.74 Å². The molecule has 0 spiro atoms. The van der Waals surface area contributed by atoms with Gasteiger partial charge in [0.15, 0.2) is 0 Å². The molecule has 84 valence electrons. The van der Waals surface area contributed by atoms with Crippen LogP contribution in [0.1, 0.15) is 15.9 Å². The van der Waals surface area contributed by atoms with Gasteiger partial charge in [-0.3, -0.25) is 4.79 Å². The van der Waals surface area contributed by atoms with Gasteiger partial charge in [0.1, 0.15) is 0 Å². The Labute approximate surface area is 103 Å². The quantitative estimate of drug-likeness (QED) is 0.775. The lowest BCUT2D eigenvalue weighted by molar-refractivity contribution is 0.0726. The average Bonchev–Trinajstić information content (AvgIpc) is 3.06. The number of hydrogen-bond donors (Lipinski definition) is 0. The molecule has 3 rings (SSSR count). The molecule has 4 heteroatoms. The van der Waals surface area contributed by atoms with Crippen LogP contribution in [0, 0.1) is 0 Å². The highest BCUT2D eigenvalue weighted by Gasteiger charge is 2.31. The number of amides is 1. The Morgan fingerprint density at radius 1 is 1.50 bits per heavy atom. The first kappa shape index (κ1) is 10.3. The number of halogens is 1. The van der Waals surface area contributed by atoms with Crippen LogP contribution in [0.25, 0.3) is 0 Å². The second kappa shape index (κ2) is 3.86. The second-order valence-corrected chi connectivity index (χ2v) is 5.17. The van der Waals surface area contributed by atoms with Crippen molar-refractivity contribution in [3.05, 3.63) is 33.8 Å². The molecule has 0 aromatic heterocycles. The number of nitrogens with zero attached hydrogens (tertiary/aromatic N) is 1. The summed E-state index contributed by atoms with van der Waals surface area (Å²) in [5.74, 6) is 0.143. The summed E-state index contributed by atoms with van der Waals surface area (Å²) in [6.45, 7) is 2.35. The molecule has 1 aromatic carbocycles. The summed E-state index contributed by atoms with van der Waals surface area (Å²) in [5, 5.41) is 0. The molecule has 1 unspecified atom stereocenters. The Kier molecular flexibility index (Phi) is 2.48. The third-order valence-electron chi connectivity index (χ3n) is 3.06. The molecule has 0 aliphatic carbocycles. The van der Waals surface area contributed by atoms with E-state index in [1.807, 2.05) is 23.1 Å². The molecule has 16 heavy (non-hydrogen) atoms. The van der Waals surface area contributed by atoms with Gasteiger partial charge < -0.3 is 9.64 Å². The van der Waals surface area contributed by atoms with Gasteiger partial charge in [0.25, 0.3) is 5.91 Å².